The molecule has 4 nitrogen and oxygen atoms in total. The van der Waals surface area contributed by atoms with E-state index in [1.165, 1.54) is 0 Å². The van der Waals surface area contributed by atoms with Crippen molar-refractivity contribution in [3.63, 3.8) is 0 Å². The maximum absolute atomic E-state index is 11.4. The number of carbonyl (C=O) groups is 1. The molecule has 18 heavy (non-hydrogen) atoms. The average Bonchev–Trinajstić information content (AvgIpc) is 2.35. The van der Waals surface area contributed by atoms with Crippen LogP contribution >= 0.6 is 11.6 Å². The average molecular weight is 272 g/mol. The SMILES string of the molecule is COCCOCc1cccc(NC(=O)CCCl)c1. The van der Waals surface area contributed by atoms with Crippen LogP contribution in [-0.4, -0.2) is 32.1 Å². The molecule has 0 atom stereocenters. The van der Waals surface area contributed by atoms with Gasteiger partial charge >= 0.3 is 0 Å². The number of anilines is 1. The first-order valence-corrected chi connectivity index (χ1v) is 6.31. The van der Waals surface area contributed by atoms with E-state index in [0.29, 0.717) is 32.1 Å². The number of amides is 1. The molecule has 1 rings (SSSR count). The third kappa shape index (κ3) is 6.00. The van der Waals surface area contributed by atoms with Gasteiger partial charge in [0.25, 0.3) is 0 Å². The fourth-order valence-corrected chi connectivity index (χ4v) is 1.55. The van der Waals surface area contributed by atoms with Gasteiger partial charge in [-0.3, -0.25) is 4.79 Å². The van der Waals surface area contributed by atoms with Crippen LogP contribution < -0.4 is 5.32 Å². The van der Waals surface area contributed by atoms with Crippen molar-refractivity contribution >= 4 is 23.2 Å². The van der Waals surface area contributed by atoms with Crippen LogP contribution in [0.3, 0.4) is 0 Å². The van der Waals surface area contributed by atoms with Gasteiger partial charge < -0.3 is 14.8 Å². The summed E-state index contributed by atoms with van der Waals surface area (Å²) in [6.45, 7) is 1.63. The lowest BCUT2D eigenvalue weighted by molar-refractivity contribution is -0.115. The Morgan fingerprint density at radius 1 is 1.39 bits per heavy atom. The molecule has 1 aromatic rings. The lowest BCUT2D eigenvalue weighted by Crippen LogP contribution is -2.11. The van der Waals surface area contributed by atoms with Crippen LogP contribution in [0.2, 0.25) is 0 Å². The highest BCUT2D eigenvalue weighted by Gasteiger charge is 2.02. The van der Waals surface area contributed by atoms with E-state index in [0.717, 1.165) is 11.3 Å². The smallest absolute Gasteiger partial charge is 0.225 e. The summed E-state index contributed by atoms with van der Waals surface area (Å²) in [5.74, 6) is 0.244. The Kier molecular flexibility index (Phi) is 7.41. The van der Waals surface area contributed by atoms with E-state index in [9.17, 15) is 4.79 Å². The molecule has 1 aromatic carbocycles. The standard InChI is InChI=1S/C13H18ClNO3/c1-17-7-8-18-10-11-3-2-4-12(9-11)15-13(16)5-6-14/h2-4,9H,5-8,10H2,1H3,(H,15,16). The number of halogens is 1. The Balaban J connectivity index is 2.43. The van der Waals surface area contributed by atoms with E-state index >= 15 is 0 Å². The molecule has 0 saturated carbocycles. The monoisotopic (exact) mass is 271 g/mol. The molecule has 0 aliphatic heterocycles. The maximum atomic E-state index is 11.4. The molecule has 100 valence electrons. The fourth-order valence-electron chi connectivity index (χ4n) is 1.38. The molecular formula is C13H18ClNO3. The number of rotatable bonds is 8. The van der Waals surface area contributed by atoms with Gasteiger partial charge in [-0.25, -0.2) is 0 Å². The van der Waals surface area contributed by atoms with Gasteiger partial charge in [-0.1, -0.05) is 12.1 Å². The molecular weight excluding hydrogens is 254 g/mol. The van der Waals surface area contributed by atoms with E-state index in [4.69, 9.17) is 21.1 Å². The van der Waals surface area contributed by atoms with Crippen LogP contribution in [0.5, 0.6) is 0 Å². The number of methoxy groups -OCH3 is 1. The molecule has 0 radical (unpaired) electrons. The van der Waals surface area contributed by atoms with Crippen molar-refractivity contribution in [3.8, 4) is 0 Å². The van der Waals surface area contributed by atoms with E-state index in [1.54, 1.807) is 7.11 Å². The molecule has 0 aliphatic carbocycles. The van der Waals surface area contributed by atoms with Crippen molar-refractivity contribution in [2.45, 2.75) is 13.0 Å². The van der Waals surface area contributed by atoms with Crippen molar-refractivity contribution in [2.75, 3.05) is 31.5 Å². The van der Waals surface area contributed by atoms with Gasteiger partial charge in [0.05, 0.1) is 19.8 Å². The first-order chi connectivity index (χ1) is 8.76. The molecule has 0 saturated heterocycles. The van der Waals surface area contributed by atoms with Crippen LogP contribution in [0, 0.1) is 0 Å². The van der Waals surface area contributed by atoms with Gasteiger partial charge in [0, 0.05) is 25.1 Å². The van der Waals surface area contributed by atoms with Crippen molar-refractivity contribution in [2.24, 2.45) is 0 Å². The van der Waals surface area contributed by atoms with E-state index < -0.39 is 0 Å². The Morgan fingerprint density at radius 2 is 2.22 bits per heavy atom. The summed E-state index contributed by atoms with van der Waals surface area (Å²) in [7, 11) is 1.64. The number of hydrogen-bond donors (Lipinski definition) is 1. The van der Waals surface area contributed by atoms with Crippen LogP contribution in [0.1, 0.15) is 12.0 Å². The number of hydrogen-bond acceptors (Lipinski definition) is 3. The van der Waals surface area contributed by atoms with E-state index in [1.807, 2.05) is 24.3 Å². The number of carbonyl (C=O) groups excluding carboxylic acids is 1. The third-order valence-electron chi connectivity index (χ3n) is 2.23. The van der Waals surface area contributed by atoms with Crippen LogP contribution in [0.25, 0.3) is 0 Å². The molecule has 0 heterocycles. The number of nitrogens with one attached hydrogen (secondary N) is 1. The number of alkyl halides is 1. The van der Waals surface area contributed by atoms with Crippen molar-refractivity contribution in [1.82, 2.24) is 0 Å². The minimum atomic E-state index is -0.0811. The van der Waals surface area contributed by atoms with E-state index in [-0.39, 0.29) is 5.91 Å². The zero-order chi connectivity index (χ0) is 13.2. The van der Waals surface area contributed by atoms with Gasteiger partial charge in [0.2, 0.25) is 5.91 Å². The largest absolute Gasteiger partial charge is 0.382 e. The van der Waals surface area contributed by atoms with Gasteiger partial charge in [0.1, 0.15) is 0 Å². The van der Waals surface area contributed by atoms with Gasteiger partial charge in [-0.2, -0.15) is 0 Å². The Hall–Kier alpha value is -1.10. The van der Waals surface area contributed by atoms with Gasteiger partial charge in [-0.05, 0) is 17.7 Å². The molecule has 5 heteroatoms. The second-order valence-corrected chi connectivity index (χ2v) is 4.11. The predicted octanol–water partition coefficient (Wildman–Crippen LogP) is 2.42. The summed E-state index contributed by atoms with van der Waals surface area (Å²) in [5.41, 5.74) is 1.77. The second kappa shape index (κ2) is 8.91. The van der Waals surface area contributed by atoms with Crippen molar-refractivity contribution < 1.29 is 14.3 Å². The van der Waals surface area contributed by atoms with Crippen LogP contribution in [-0.2, 0) is 20.9 Å². The molecule has 0 bridgehead atoms. The highest BCUT2D eigenvalue weighted by atomic mass is 35.5. The molecule has 0 aliphatic rings. The minimum Gasteiger partial charge on any atom is -0.382 e. The maximum Gasteiger partial charge on any atom is 0.225 e. The van der Waals surface area contributed by atoms with Gasteiger partial charge in [-0.15, -0.1) is 11.6 Å². The summed E-state index contributed by atoms with van der Waals surface area (Å²) >= 11 is 5.50. The summed E-state index contributed by atoms with van der Waals surface area (Å²) < 4.78 is 10.3. The fraction of sp³-hybridized carbons (Fsp3) is 0.462. The third-order valence-corrected chi connectivity index (χ3v) is 2.42. The lowest BCUT2D eigenvalue weighted by atomic mass is 10.2. The van der Waals surface area contributed by atoms with Crippen molar-refractivity contribution in [1.29, 1.82) is 0 Å². The first-order valence-electron chi connectivity index (χ1n) is 5.77. The highest BCUT2D eigenvalue weighted by Crippen LogP contribution is 2.12. The second-order valence-electron chi connectivity index (χ2n) is 3.73. The predicted molar refractivity (Wildman–Crippen MR) is 71.9 cm³/mol. The molecule has 0 spiro atoms. The number of ether oxygens (including phenoxy) is 2. The van der Waals surface area contributed by atoms with Crippen LogP contribution in [0.15, 0.2) is 24.3 Å². The Labute approximate surface area is 112 Å². The Morgan fingerprint density at radius 3 is 2.94 bits per heavy atom. The highest BCUT2D eigenvalue weighted by molar-refractivity contribution is 6.19. The summed E-state index contributed by atoms with van der Waals surface area (Å²) in [6, 6.07) is 7.55. The molecule has 1 amide bonds. The van der Waals surface area contributed by atoms with Gasteiger partial charge in [0.15, 0.2) is 0 Å². The quantitative estimate of drug-likeness (QED) is 0.583. The first kappa shape index (κ1) is 15.0. The summed E-state index contributed by atoms with van der Waals surface area (Å²) in [5, 5.41) is 2.78. The minimum absolute atomic E-state index is 0.0811. The summed E-state index contributed by atoms with van der Waals surface area (Å²) in [6.07, 6.45) is 0.316. The molecule has 0 fully saturated rings. The Bertz CT molecular complexity index is 371. The zero-order valence-electron chi connectivity index (χ0n) is 10.4. The van der Waals surface area contributed by atoms with E-state index in [2.05, 4.69) is 5.32 Å². The van der Waals surface area contributed by atoms with Crippen LogP contribution in [0.4, 0.5) is 5.69 Å². The molecule has 0 unspecified atom stereocenters. The molecule has 0 aromatic heterocycles. The summed E-state index contributed by atoms with van der Waals surface area (Å²) in [4.78, 5) is 11.4. The molecule has 1 N–H and O–H groups in total. The topological polar surface area (TPSA) is 47.6 Å². The lowest BCUT2D eigenvalue weighted by Gasteiger charge is -2.07. The normalized spacial score (nSPS) is 10.3. The number of benzene rings is 1. The zero-order valence-corrected chi connectivity index (χ0v) is 11.2. The van der Waals surface area contributed by atoms with Crippen molar-refractivity contribution in [3.05, 3.63) is 29.8 Å².